The van der Waals surface area contributed by atoms with Crippen LogP contribution in [0.2, 0.25) is 0 Å². The fourth-order valence-corrected chi connectivity index (χ4v) is 4.43. The van der Waals surface area contributed by atoms with Gasteiger partial charge < -0.3 is 10.2 Å². The molecule has 0 spiro atoms. The van der Waals surface area contributed by atoms with Gasteiger partial charge in [-0.3, -0.25) is 0 Å². The van der Waals surface area contributed by atoms with Gasteiger partial charge in [-0.25, -0.2) is 0 Å². The van der Waals surface area contributed by atoms with Crippen LogP contribution in [-0.2, 0) is 0 Å². The van der Waals surface area contributed by atoms with Crippen molar-refractivity contribution in [3.63, 3.8) is 0 Å². The van der Waals surface area contributed by atoms with E-state index in [2.05, 4.69) is 20.8 Å². The summed E-state index contributed by atoms with van der Waals surface area (Å²) in [6, 6.07) is 0. The van der Waals surface area contributed by atoms with E-state index in [0.717, 1.165) is 38.5 Å². The van der Waals surface area contributed by atoms with Crippen LogP contribution in [0, 0.1) is 5.41 Å². The molecular formula is C25H52O2. The lowest BCUT2D eigenvalue weighted by atomic mass is 9.73. The fraction of sp³-hybridized carbons (Fsp3) is 1.00. The summed E-state index contributed by atoms with van der Waals surface area (Å²) in [4.78, 5) is 0. The van der Waals surface area contributed by atoms with Crippen molar-refractivity contribution in [2.75, 3.05) is 6.61 Å². The number of aliphatic hydroxyl groups excluding tert-OH is 2. The summed E-state index contributed by atoms with van der Waals surface area (Å²) in [7, 11) is 0. The summed E-state index contributed by atoms with van der Waals surface area (Å²) in [6.45, 7) is 6.85. The van der Waals surface area contributed by atoms with Crippen molar-refractivity contribution in [1.29, 1.82) is 0 Å². The molecule has 0 saturated carbocycles. The Kier molecular flexibility index (Phi) is 19.2. The minimum Gasteiger partial charge on any atom is -0.396 e. The molecule has 0 aliphatic heterocycles. The quantitative estimate of drug-likeness (QED) is 0.198. The van der Waals surface area contributed by atoms with E-state index in [-0.39, 0.29) is 18.1 Å². The van der Waals surface area contributed by atoms with Crippen molar-refractivity contribution < 1.29 is 10.2 Å². The van der Waals surface area contributed by atoms with Crippen LogP contribution >= 0.6 is 0 Å². The topological polar surface area (TPSA) is 40.5 Å². The first-order valence-corrected chi connectivity index (χ1v) is 12.5. The van der Waals surface area contributed by atoms with E-state index in [1.807, 2.05) is 0 Å². The molecule has 0 aromatic heterocycles. The maximum atomic E-state index is 10.9. The third kappa shape index (κ3) is 13.7. The Morgan fingerprint density at radius 1 is 0.556 bits per heavy atom. The van der Waals surface area contributed by atoms with Gasteiger partial charge in [0.05, 0.1) is 12.7 Å². The molecule has 2 N–H and O–H groups in total. The van der Waals surface area contributed by atoms with Gasteiger partial charge in [-0.2, -0.15) is 0 Å². The molecule has 0 radical (unpaired) electrons. The van der Waals surface area contributed by atoms with Gasteiger partial charge in [0.15, 0.2) is 0 Å². The molecule has 0 aliphatic rings. The molecule has 0 saturated heterocycles. The summed E-state index contributed by atoms with van der Waals surface area (Å²) >= 11 is 0. The van der Waals surface area contributed by atoms with Crippen LogP contribution in [0.15, 0.2) is 0 Å². The smallest absolute Gasteiger partial charge is 0.0618 e. The highest BCUT2D eigenvalue weighted by atomic mass is 16.3. The molecule has 0 rings (SSSR count). The van der Waals surface area contributed by atoms with E-state index >= 15 is 0 Å². The Morgan fingerprint density at radius 3 is 1.44 bits per heavy atom. The Bertz CT molecular complexity index is 292. The molecule has 2 unspecified atom stereocenters. The zero-order valence-electron chi connectivity index (χ0n) is 19.1. The van der Waals surface area contributed by atoms with Gasteiger partial charge in [-0.05, 0) is 19.3 Å². The molecule has 0 amide bonds. The van der Waals surface area contributed by atoms with Crippen LogP contribution in [-0.4, -0.2) is 22.9 Å². The normalized spacial score (nSPS) is 15.0. The van der Waals surface area contributed by atoms with E-state index in [1.165, 1.54) is 83.5 Å². The number of rotatable bonds is 21. The highest BCUT2D eigenvalue weighted by molar-refractivity contribution is 4.86. The Balaban J connectivity index is 4.09. The summed E-state index contributed by atoms with van der Waals surface area (Å²) in [5, 5.41) is 21.0. The molecular weight excluding hydrogens is 332 g/mol. The Hall–Kier alpha value is -0.0800. The van der Waals surface area contributed by atoms with Crippen LogP contribution in [0.4, 0.5) is 0 Å². The molecule has 0 aromatic carbocycles. The van der Waals surface area contributed by atoms with Gasteiger partial charge in [0.2, 0.25) is 0 Å². The van der Waals surface area contributed by atoms with Crippen LogP contribution in [0.25, 0.3) is 0 Å². The third-order valence-electron chi connectivity index (χ3n) is 6.38. The third-order valence-corrected chi connectivity index (χ3v) is 6.38. The number of hydrogen-bond donors (Lipinski definition) is 2. The highest BCUT2D eigenvalue weighted by Crippen LogP contribution is 2.36. The molecule has 2 nitrogen and oxygen atoms in total. The zero-order valence-corrected chi connectivity index (χ0v) is 19.1. The molecule has 2 heteroatoms. The van der Waals surface area contributed by atoms with E-state index < -0.39 is 0 Å². The zero-order chi connectivity index (χ0) is 20.2. The first-order chi connectivity index (χ1) is 13.2. The largest absolute Gasteiger partial charge is 0.396 e. The van der Waals surface area contributed by atoms with Crippen molar-refractivity contribution in [2.45, 2.75) is 149 Å². The average molecular weight is 385 g/mol. The van der Waals surface area contributed by atoms with E-state index in [0.29, 0.717) is 0 Å². The van der Waals surface area contributed by atoms with Crippen molar-refractivity contribution in [2.24, 2.45) is 5.41 Å². The minimum atomic E-state index is -0.331. The molecule has 0 fully saturated rings. The molecule has 0 aliphatic carbocycles. The predicted octanol–water partition coefficient (Wildman–Crippen LogP) is 7.80. The lowest BCUT2D eigenvalue weighted by molar-refractivity contribution is -0.0373. The van der Waals surface area contributed by atoms with Gasteiger partial charge >= 0.3 is 0 Å². The molecule has 0 aromatic rings. The van der Waals surface area contributed by atoms with Crippen molar-refractivity contribution in [3.8, 4) is 0 Å². The molecule has 2 atom stereocenters. The maximum absolute atomic E-state index is 10.9. The van der Waals surface area contributed by atoms with Gasteiger partial charge in [0.1, 0.15) is 0 Å². The van der Waals surface area contributed by atoms with E-state index in [1.54, 1.807) is 0 Å². The van der Waals surface area contributed by atoms with Crippen LogP contribution in [0.1, 0.15) is 143 Å². The van der Waals surface area contributed by atoms with Crippen molar-refractivity contribution >= 4 is 0 Å². The molecule has 27 heavy (non-hydrogen) atoms. The van der Waals surface area contributed by atoms with E-state index in [9.17, 15) is 10.2 Å². The first kappa shape index (κ1) is 26.9. The van der Waals surface area contributed by atoms with Crippen LogP contribution < -0.4 is 0 Å². The first-order valence-electron chi connectivity index (χ1n) is 12.5. The second-order valence-electron chi connectivity index (χ2n) is 8.92. The predicted molar refractivity (Wildman–Crippen MR) is 120 cm³/mol. The molecule has 0 bridgehead atoms. The molecule has 164 valence electrons. The van der Waals surface area contributed by atoms with Crippen LogP contribution in [0.5, 0.6) is 0 Å². The van der Waals surface area contributed by atoms with Crippen molar-refractivity contribution in [1.82, 2.24) is 0 Å². The number of hydrogen-bond acceptors (Lipinski definition) is 2. The maximum Gasteiger partial charge on any atom is 0.0618 e. The highest BCUT2D eigenvalue weighted by Gasteiger charge is 2.35. The minimum absolute atomic E-state index is 0.148. The van der Waals surface area contributed by atoms with Gasteiger partial charge in [-0.1, -0.05) is 124 Å². The summed E-state index contributed by atoms with van der Waals surface area (Å²) in [5.41, 5.74) is -0.251. The summed E-state index contributed by atoms with van der Waals surface area (Å²) in [6.07, 6.45) is 23.0. The Labute approximate surface area is 171 Å². The number of aliphatic hydroxyl groups is 2. The van der Waals surface area contributed by atoms with E-state index in [4.69, 9.17) is 0 Å². The van der Waals surface area contributed by atoms with Gasteiger partial charge in [0.25, 0.3) is 0 Å². The SMILES string of the molecule is CCCCCCCCCCC(CO)(CCC)C(O)CCCCCCCCC. The monoisotopic (exact) mass is 384 g/mol. The van der Waals surface area contributed by atoms with Crippen LogP contribution in [0.3, 0.4) is 0 Å². The van der Waals surface area contributed by atoms with Gasteiger partial charge in [-0.15, -0.1) is 0 Å². The average Bonchev–Trinajstić information content (AvgIpc) is 2.68. The second kappa shape index (κ2) is 19.2. The summed E-state index contributed by atoms with van der Waals surface area (Å²) < 4.78 is 0. The standard InChI is InChI=1S/C25H52O2/c1-4-7-9-11-13-15-17-19-22-25(23-26,21-6-3)24(27)20-18-16-14-12-10-8-5-2/h24,26-27H,4-23H2,1-3H3. The second-order valence-corrected chi connectivity index (χ2v) is 8.92. The fourth-order valence-electron chi connectivity index (χ4n) is 4.43. The summed E-state index contributed by atoms with van der Waals surface area (Å²) in [5.74, 6) is 0. The van der Waals surface area contributed by atoms with Crippen molar-refractivity contribution in [3.05, 3.63) is 0 Å². The Morgan fingerprint density at radius 2 is 1.00 bits per heavy atom. The molecule has 0 heterocycles. The number of unbranched alkanes of at least 4 members (excludes halogenated alkanes) is 13. The lowest BCUT2D eigenvalue weighted by Crippen LogP contribution is -2.38. The van der Waals surface area contributed by atoms with Gasteiger partial charge in [0, 0.05) is 5.41 Å². The lowest BCUT2D eigenvalue weighted by Gasteiger charge is -2.37.